The van der Waals surface area contributed by atoms with Crippen LogP contribution < -0.4 is 11.1 Å². The van der Waals surface area contributed by atoms with Gasteiger partial charge in [-0.1, -0.05) is 0 Å². The number of ether oxygens (including phenoxy) is 1. The molecular weight excluding hydrogens is 246 g/mol. The summed E-state index contributed by atoms with van der Waals surface area (Å²) < 4.78 is 4.60. The van der Waals surface area contributed by atoms with E-state index in [-0.39, 0.29) is 12.5 Å². The lowest BCUT2D eigenvalue weighted by Gasteiger charge is -2.16. The third-order valence-corrected chi connectivity index (χ3v) is 2.80. The summed E-state index contributed by atoms with van der Waals surface area (Å²) in [5.41, 5.74) is 7.21. The Morgan fingerprint density at radius 1 is 1.42 bits per heavy atom. The van der Waals surface area contributed by atoms with Crippen LogP contribution in [-0.4, -0.2) is 44.0 Å². The number of esters is 1. The number of benzene rings is 1. The SMILES string of the molecule is CCN(C)C(=O)CNc1ccc(C(=O)OC)cc1N. The molecule has 6 heteroatoms. The summed E-state index contributed by atoms with van der Waals surface area (Å²) in [6, 6.07) is 4.77. The Morgan fingerprint density at radius 2 is 2.11 bits per heavy atom. The zero-order chi connectivity index (χ0) is 14.4. The number of nitrogens with two attached hydrogens (primary N) is 1. The maximum Gasteiger partial charge on any atom is 0.337 e. The Labute approximate surface area is 112 Å². The summed E-state index contributed by atoms with van der Waals surface area (Å²) in [7, 11) is 3.04. The third kappa shape index (κ3) is 3.87. The fourth-order valence-corrected chi connectivity index (χ4v) is 1.45. The number of hydrogen-bond donors (Lipinski definition) is 2. The molecule has 6 nitrogen and oxygen atoms in total. The quantitative estimate of drug-likeness (QED) is 0.611. The molecule has 0 saturated carbocycles. The fourth-order valence-electron chi connectivity index (χ4n) is 1.45. The van der Waals surface area contributed by atoms with E-state index in [1.54, 1.807) is 24.1 Å². The van der Waals surface area contributed by atoms with Gasteiger partial charge < -0.3 is 20.7 Å². The molecule has 0 atom stereocenters. The molecule has 0 aliphatic carbocycles. The van der Waals surface area contributed by atoms with Crippen molar-refractivity contribution in [1.29, 1.82) is 0 Å². The number of anilines is 2. The van der Waals surface area contributed by atoms with Gasteiger partial charge in [0.2, 0.25) is 5.91 Å². The van der Waals surface area contributed by atoms with Crippen LogP contribution in [-0.2, 0) is 9.53 Å². The van der Waals surface area contributed by atoms with Gasteiger partial charge in [-0.25, -0.2) is 4.79 Å². The highest BCUT2D eigenvalue weighted by Gasteiger charge is 2.10. The Morgan fingerprint density at radius 3 is 2.63 bits per heavy atom. The second kappa shape index (κ2) is 6.63. The Kier molecular flexibility index (Phi) is 5.17. The second-order valence-electron chi connectivity index (χ2n) is 4.06. The molecule has 19 heavy (non-hydrogen) atoms. The molecular formula is C13H19N3O3. The molecule has 1 aromatic rings. The molecule has 0 spiro atoms. The van der Waals surface area contributed by atoms with Gasteiger partial charge in [0, 0.05) is 13.6 Å². The van der Waals surface area contributed by atoms with Crippen molar-refractivity contribution in [1.82, 2.24) is 4.90 Å². The number of hydrogen-bond acceptors (Lipinski definition) is 5. The highest BCUT2D eigenvalue weighted by atomic mass is 16.5. The number of amides is 1. The molecule has 0 aliphatic rings. The normalized spacial score (nSPS) is 9.84. The molecule has 0 bridgehead atoms. The second-order valence-corrected chi connectivity index (χ2v) is 4.06. The summed E-state index contributed by atoms with van der Waals surface area (Å²) in [5.74, 6) is -0.473. The number of carbonyl (C=O) groups excluding carboxylic acids is 2. The van der Waals surface area contributed by atoms with Crippen molar-refractivity contribution in [3.63, 3.8) is 0 Å². The van der Waals surface area contributed by atoms with E-state index in [9.17, 15) is 9.59 Å². The average Bonchev–Trinajstić information content (AvgIpc) is 2.43. The van der Waals surface area contributed by atoms with E-state index < -0.39 is 5.97 Å². The summed E-state index contributed by atoms with van der Waals surface area (Å²) in [4.78, 5) is 24.5. The van der Waals surface area contributed by atoms with Crippen molar-refractivity contribution in [3.8, 4) is 0 Å². The smallest absolute Gasteiger partial charge is 0.337 e. The summed E-state index contributed by atoms with van der Waals surface area (Å²) >= 11 is 0. The zero-order valence-corrected chi connectivity index (χ0v) is 11.4. The van der Waals surface area contributed by atoms with Crippen LogP contribution in [0, 0.1) is 0 Å². The van der Waals surface area contributed by atoms with Gasteiger partial charge in [-0.15, -0.1) is 0 Å². The number of rotatable bonds is 5. The van der Waals surface area contributed by atoms with Crippen LogP contribution in [0.4, 0.5) is 11.4 Å². The standard InChI is InChI=1S/C13H19N3O3/c1-4-16(2)12(17)8-15-11-6-5-9(7-10(11)14)13(18)19-3/h5-7,15H,4,8,14H2,1-3H3. The molecule has 0 radical (unpaired) electrons. The highest BCUT2D eigenvalue weighted by Crippen LogP contribution is 2.20. The van der Waals surface area contributed by atoms with Crippen LogP contribution in [0.15, 0.2) is 18.2 Å². The van der Waals surface area contributed by atoms with Gasteiger partial charge >= 0.3 is 5.97 Å². The van der Waals surface area contributed by atoms with Crippen LogP contribution in [0.1, 0.15) is 17.3 Å². The number of methoxy groups -OCH3 is 1. The molecule has 3 N–H and O–H groups in total. The molecule has 0 saturated heterocycles. The van der Waals surface area contributed by atoms with Crippen LogP contribution in [0.3, 0.4) is 0 Å². The van der Waals surface area contributed by atoms with Crippen LogP contribution in [0.5, 0.6) is 0 Å². The Bertz CT molecular complexity index is 474. The van der Waals surface area contributed by atoms with E-state index in [1.165, 1.54) is 13.2 Å². The van der Waals surface area contributed by atoms with Gasteiger partial charge in [0.1, 0.15) is 0 Å². The molecule has 0 aromatic heterocycles. The summed E-state index contributed by atoms with van der Waals surface area (Å²) in [6.07, 6.45) is 0. The lowest BCUT2D eigenvalue weighted by atomic mass is 10.1. The van der Waals surface area contributed by atoms with Crippen molar-refractivity contribution >= 4 is 23.3 Å². The topological polar surface area (TPSA) is 84.7 Å². The van der Waals surface area contributed by atoms with E-state index in [4.69, 9.17) is 5.73 Å². The maximum absolute atomic E-state index is 11.6. The largest absolute Gasteiger partial charge is 0.465 e. The van der Waals surface area contributed by atoms with E-state index >= 15 is 0 Å². The third-order valence-electron chi connectivity index (χ3n) is 2.80. The number of likely N-dealkylation sites (N-methyl/N-ethyl adjacent to an activating group) is 1. The van der Waals surface area contributed by atoms with E-state index in [0.29, 0.717) is 23.5 Å². The number of nitrogen functional groups attached to an aromatic ring is 1. The molecule has 104 valence electrons. The molecule has 0 aliphatic heterocycles. The number of carbonyl (C=O) groups is 2. The van der Waals surface area contributed by atoms with Gasteiger partial charge in [-0.3, -0.25) is 4.79 Å². The first-order valence-electron chi connectivity index (χ1n) is 5.95. The van der Waals surface area contributed by atoms with E-state index in [2.05, 4.69) is 10.1 Å². The minimum Gasteiger partial charge on any atom is -0.465 e. The molecule has 0 unspecified atom stereocenters. The van der Waals surface area contributed by atoms with Crippen molar-refractivity contribution in [2.24, 2.45) is 0 Å². The van der Waals surface area contributed by atoms with E-state index in [1.807, 2.05) is 6.92 Å². The number of nitrogens with zero attached hydrogens (tertiary/aromatic N) is 1. The van der Waals surface area contributed by atoms with Crippen LogP contribution >= 0.6 is 0 Å². The first-order valence-corrected chi connectivity index (χ1v) is 5.95. The zero-order valence-electron chi connectivity index (χ0n) is 11.4. The highest BCUT2D eigenvalue weighted by molar-refractivity contribution is 5.92. The Balaban J connectivity index is 2.70. The van der Waals surface area contributed by atoms with Crippen molar-refractivity contribution in [2.45, 2.75) is 6.92 Å². The predicted octanol–water partition coefficient (Wildman–Crippen LogP) is 0.946. The first-order chi connectivity index (χ1) is 8.99. The lowest BCUT2D eigenvalue weighted by Crippen LogP contribution is -2.32. The minimum atomic E-state index is -0.444. The summed E-state index contributed by atoms with van der Waals surface area (Å²) in [5, 5.41) is 2.94. The monoisotopic (exact) mass is 265 g/mol. The van der Waals surface area contributed by atoms with Gasteiger partial charge in [-0.2, -0.15) is 0 Å². The minimum absolute atomic E-state index is 0.0288. The van der Waals surface area contributed by atoms with Gasteiger partial charge in [0.05, 0.1) is 30.6 Å². The molecule has 0 fully saturated rings. The molecule has 1 amide bonds. The van der Waals surface area contributed by atoms with E-state index in [0.717, 1.165) is 0 Å². The molecule has 1 aromatic carbocycles. The van der Waals surface area contributed by atoms with Crippen molar-refractivity contribution in [3.05, 3.63) is 23.8 Å². The predicted molar refractivity (Wildman–Crippen MR) is 74.0 cm³/mol. The maximum atomic E-state index is 11.6. The first kappa shape index (κ1) is 14.8. The van der Waals surface area contributed by atoms with Crippen molar-refractivity contribution < 1.29 is 14.3 Å². The van der Waals surface area contributed by atoms with Crippen LogP contribution in [0.2, 0.25) is 0 Å². The van der Waals surface area contributed by atoms with Crippen molar-refractivity contribution in [2.75, 3.05) is 38.3 Å². The van der Waals surface area contributed by atoms with Crippen LogP contribution in [0.25, 0.3) is 0 Å². The lowest BCUT2D eigenvalue weighted by molar-refractivity contribution is -0.127. The number of nitrogens with one attached hydrogen (secondary N) is 1. The molecule has 0 heterocycles. The fraction of sp³-hybridized carbons (Fsp3) is 0.385. The van der Waals surface area contributed by atoms with Gasteiger partial charge in [0.15, 0.2) is 0 Å². The average molecular weight is 265 g/mol. The summed E-state index contributed by atoms with van der Waals surface area (Å²) in [6.45, 7) is 2.71. The van der Waals surface area contributed by atoms with Gasteiger partial charge in [0.25, 0.3) is 0 Å². The van der Waals surface area contributed by atoms with Gasteiger partial charge in [-0.05, 0) is 25.1 Å². The Hall–Kier alpha value is -2.24. The molecule has 1 rings (SSSR count).